The number of H-pyrrole nitrogens is 1. The lowest BCUT2D eigenvalue weighted by atomic mass is 10.2. The number of rotatable bonds is 6. The number of carbonyl (C=O) groups is 2. The van der Waals surface area contributed by atoms with Gasteiger partial charge in [0.05, 0.1) is 12.7 Å². The van der Waals surface area contributed by atoms with Gasteiger partial charge in [-0.15, -0.1) is 0 Å². The lowest BCUT2D eigenvalue weighted by Gasteiger charge is -2.15. The van der Waals surface area contributed by atoms with Gasteiger partial charge < -0.3 is 15.0 Å². The zero-order valence-electron chi connectivity index (χ0n) is 10.8. The van der Waals surface area contributed by atoms with Gasteiger partial charge in [0.2, 0.25) is 0 Å². The molecule has 0 spiro atoms. The summed E-state index contributed by atoms with van der Waals surface area (Å²) in [5, 5.41) is 2.65. The Morgan fingerprint density at radius 1 is 1.58 bits per heavy atom. The molecule has 0 saturated heterocycles. The molecule has 1 aromatic heterocycles. The third-order valence-corrected chi connectivity index (χ3v) is 3.45. The second-order valence-electron chi connectivity index (χ2n) is 3.74. The lowest BCUT2D eigenvalue weighted by Crippen LogP contribution is -2.42. The molecule has 0 bridgehead atoms. The Bertz CT molecular complexity index is 502. The fraction of sp³-hybridized carbons (Fsp3) is 0.417. The molecule has 5 nitrogen and oxygen atoms in total. The van der Waals surface area contributed by atoms with Crippen molar-refractivity contribution in [1.29, 1.82) is 0 Å². The van der Waals surface area contributed by atoms with Crippen molar-refractivity contribution in [3.05, 3.63) is 28.5 Å². The standard InChI is InChI=1S/C12H16N2O3S2/c1-17-12(16)9(5-7-19-2)14-10(15)8-4-3-6-13-11(8)18/h3-4,6,9H,5,7H2,1-2H3,(H,13,18)(H,14,15)/t9-/m0/s1. The van der Waals surface area contributed by atoms with E-state index >= 15 is 0 Å². The number of aromatic nitrogens is 1. The van der Waals surface area contributed by atoms with Gasteiger partial charge in [0.15, 0.2) is 0 Å². The molecule has 7 heteroatoms. The molecular weight excluding hydrogens is 284 g/mol. The van der Waals surface area contributed by atoms with Crippen LogP contribution in [-0.4, -0.2) is 42.0 Å². The highest BCUT2D eigenvalue weighted by Gasteiger charge is 2.22. The number of esters is 1. The minimum atomic E-state index is -0.653. The highest BCUT2D eigenvalue weighted by molar-refractivity contribution is 7.98. The van der Waals surface area contributed by atoms with E-state index in [4.69, 9.17) is 12.2 Å². The molecule has 2 N–H and O–H groups in total. The summed E-state index contributed by atoms with van der Waals surface area (Å²) in [4.78, 5) is 26.4. The van der Waals surface area contributed by atoms with E-state index < -0.39 is 12.0 Å². The highest BCUT2D eigenvalue weighted by Crippen LogP contribution is 2.05. The first kappa shape index (κ1) is 15.7. The fourth-order valence-electron chi connectivity index (χ4n) is 1.46. The quantitative estimate of drug-likeness (QED) is 0.619. The maximum absolute atomic E-state index is 12.0. The molecule has 1 heterocycles. The Kier molecular flexibility index (Phi) is 6.58. The van der Waals surface area contributed by atoms with E-state index in [-0.39, 0.29) is 5.91 Å². The molecule has 0 aliphatic carbocycles. The minimum absolute atomic E-state index is 0.341. The van der Waals surface area contributed by atoms with E-state index in [2.05, 4.69) is 15.0 Å². The molecule has 0 aliphatic heterocycles. The van der Waals surface area contributed by atoms with Crippen LogP contribution in [0.3, 0.4) is 0 Å². The van der Waals surface area contributed by atoms with Crippen LogP contribution in [0.1, 0.15) is 16.8 Å². The second kappa shape index (κ2) is 7.96. The van der Waals surface area contributed by atoms with E-state index in [1.54, 1.807) is 30.1 Å². The summed E-state index contributed by atoms with van der Waals surface area (Å²) in [6.07, 6.45) is 4.09. The summed E-state index contributed by atoms with van der Waals surface area (Å²) in [6.45, 7) is 0. The maximum Gasteiger partial charge on any atom is 0.328 e. The first-order chi connectivity index (χ1) is 9.10. The van der Waals surface area contributed by atoms with Crippen molar-refractivity contribution in [3.8, 4) is 0 Å². The maximum atomic E-state index is 12.0. The van der Waals surface area contributed by atoms with Gasteiger partial charge in [0.1, 0.15) is 10.7 Å². The van der Waals surface area contributed by atoms with E-state index in [9.17, 15) is 9.59 Å². The van der Waals surface area contributed by atoms with Gasteiger partial charge in [-0.1, -0.05) is 12.2 Å². The van der Waals surface area contributed by atoms with Crippen LogP contribution < -0.4 is 5.32 Å². The molecule has 1 amide bonds. The van der Waals surface area contributed by atoms with Gasteiger partial charge in [-0.25, -0.2) is 4.79 Å². The third kappa shape index (κ3) is 4.68. The molecule has 0 aromatic carbocycles. The number of amides is 1. The number of pyridine rings is 1. The Hall–Kier alpha value is -1.34. The number of hydrogen-bond acceptors (Lipinski definition) is 5. The number of hydrogen-bond donors (Lipinski definition) is 2. The van der Waals surface area contributed by atoms with Crippen molar-refractivity contribution in [2.24, 2.45) is 0 Å². The number of thioether (sulfide) groups is 1. The topological polar surface area (TPSA) is 71.2 Å². The van der Waals surface area contributed by atoms with Gasteiger partial charge in [-0.2, -0.15) is 11.8 Å². The molecule has 0 saturated carbocycles. The van der Waals surface area contributed by atoms with Gasteiger partial charge in [0.25, 0.3) is 5.91 Å². The van der Waals surface area contributed by atoms with Crippen molar-refractivity contribution >= 4 is 35.9 Å². The first-order valence-corrected chi connectivity index (χ1v) is 7.45. The number of ether oxygens (including phenoxy) is 1. The summed E-state index contributed by atoms with van der Waals surface area (Å²) in [7, 11) is 1.30. The van der Waals surface area contributed by atoms with Crippen LogP contribution in [0.25, 0.3) is 0 Å². The van der Waals surface area contributed by atoms with Gasteiger partial charge in [-0.05, 0) is 30.6 Å². The molecular formula is C12H16N2O3S2. The van der Waals surface area contributed by atoms with Crippen molar-refractivity contribution in [1.82, 2.24) is 10.3 Å². The molecule has 19 heavy (non-hydrogen) atoms. The van der Waals surface area contributed by atoms with Crippen molar-refractivity contribution in [2.75, 3.05) is 19.1 Å². The number of methoxy groups -OCH3 is 1. The zero-order chi connectivity index (χ0) is 14.3. The van der Waals surface area contributed by atoms with E-state index in [1.807, 2.05) is 6.26 Å². The summed E-state index contributed by atoms with van der Waals surface area (Å²) in [5.74, 6) is -0.0756. The third-order valence-electron chi connectivity index (χ3n) is 2.46. The Morgan fingerprint density at radius 2 is 2.32 bits per heavy atom. The Morgan fingerprint density at radius 3 is 2.89 bits per heavy atom. The second-order valence-corrected chi connectivity index (χ2v) is 5.14. The molecule has 0 radical (unpaired) electrons. The highest BCUT2D eigenvalue weighted by atomic mass is 32.2. The van der Waals surface area contributed by atoms with Crippen LogP contribution in [0, 0.1) is 4.64 Å². The van der Waals surface area contributed by atoms with Crippen LogP contribution in [0.15, 0.2) is 18.3 Å². The molecule has 1 aromatic rings. The predicted octanol–water partition coefficient (Wildman–Crippen LogP) is 1.77. The number of carbonyl (C=O) groups excluding carboxylic acids is 2. The van der Waals surface area contributed by atoms with E-state index in [1.165, 1.54) is 7.11 Å². The molecule has 104 valence electrons. The van der Waals surface area contributed by atoms with Crippen molar-refractivity contribution in [3.63, 3.8) is 0 Å². The van der Waals surface area contributed by atoms with Crippen LogP contribution in [-0.2, 0) is 9.53 Å². The zero-order valence-corrected chi connectivity index (χ0v) is 12.4. The van der Waals surface area contributed by atoms with Crippen molar-refractivity contribution < 1.29 is 14.3 Å². The summed E-state index contributed by atoms with van der Waals surface area (Å²) in [6, 6.07) is 2.64. The van der Waals surface area contributed by atoms with Crippen LogP contribution in [0.2, 0.25) is 0 Å². The largest absolute Gasteiger partial charge is 0.467 e. The van der Waals surface area contributed by atoms with Gasteiger partial charge in [-0.3, -0.25) is 4.79 Å². The minimum Gasteiger partial charge on any atom is -0.467 e. The first-order valence-electron chi connectivity index (χ1n) is 5.65. The van der Waals surface area contributed by atoms with Crippen LogP contribution in [0.4, 0.5) is 0 Å². The average molecular weight is 300 g/mol. The normalized spacial score (nSPS) is 11.7. The predicted molar refractivity (Wildman–Crippen MR) is 77.9 cm³/mol. The SMILES string of the molecule is COC(=O)[C@H](CCSC)NC(=O)c1ccc[nH]c1=S. The van der Waals surface area contributed by atoms with Crippen molar-refractivity contribution in [2.45, 2.75) is 12.5 Å². The van der Waals surface area contributed by atoms with Crippen LogP contribution >= 0.6 is 24.0 Å². The summed E-state index contributed by atoms with van der Waals surface area (Å²) in [5.41, 5.74) is 0.343. The van der Waals surface area contributed by atoms with Gasteiger partial charge in [0, 0.05) is 6.20 Å². The monoisotopic (exact) mass is 300 g/mol. The summed E-state index contributed by atoms with van der Waals surface area (Å²) < 4.78 is 5.02. The average Bonchev–Trinajstić information content (AvgIpc) is 2.42. The Balaban J connectivity index is 2.79. The van der Waals surface area contributed by atoms with Crippen LogP contribution in [0.5, 0.6) is 0 Å². The molecule has 1 atom stereocenters. The Labute approximate surface area is 121 Å². The van der Waals surface area contributed by atoms with E-state index in [0.717, 1.165) is 5.75 Å². The number of aromatic amines is 1. The molecule has 0 unspecified atom stereocenters. The summed E-state index contributed by atoms with van der Waals surface area (Å²) >= 11 is 6.62. The lowest BCUT2D eigenvalue weighted by molar-refractivity contribution is -0.142. The van der Waals surface area contributed by atoms with E-state index in [0.29, 0.717) is 16.6 Å². The van der Waals surface area contributed by atoms with Gasteiger partial charge >= 0.3 is 5.97 Å². The number of nitrogens with one attached hydrogen (secondary N) is 2. The fourth-order valence-corrected chi connectivity index (χ4v) is 2.16. The molecule has 0 aliphatic rings. The molecule has 0 fully saturated rings. The smallest absolute Gasteiger partial charge is 0.328 e. The molecule has 1 rings (SSSR count).